The lowest BCUT2D eigenvalue weighted by atomic mass is 10.2. The number of halogens is 2. The maximum absolute atomic E-state index is 13.0. The van der Waals surface area contributed by atoms with E-state index in [0.29, 0.717) is 5.69 Å². The topological polar surface area (TPSA) is 68.0 Å². The number of thiazole rings is 1. The van der Waals surface area contributed by atoms with E-state index in [1.807, 2.05) is 31.2 Å². The molecule has 0 unspecified atom stereocenters. The first kappa shape index (κ1) is 16.5. The first-order valence-electron chi connectivity index (χ1n) is 6.76. The third kappa shape index (κ3) is 4.57. The van der Waals surface area contributed by atoms with Crippen LogP contribution in [0.3, 0.4) is 0 Å². The highest BCUT2D eigenvalue weighted by Gasteiger charge is 2.27. The van der Waals surface area contributed by atoms with E-state index in [1.54, 1.807) is 5.38 Å². The van der Waals surface area contributed by atoms with Crippen LogP contribution in [-0.2, 0) is 11.2 Å². The molecule has 0 fully saturated rings. The molecule has 3 N–H and O–H groups in total. The summed E-state index contributed by atoms with van der Waals surface area (Å²) in [7, 11) is 0. The quantitative estimate of drug-likeness (QED) is 0.857. The number of nitrogens with one attached hydrogen (secondary N) is 1. The Morgan fingerprint density at radius 1 is 1.36 bits per heavy atom. The Morgan fingerprint density at radius 3 is 2.68 bits per heavy atom. The van der Waals surface area contributed by atoms with Gasteiger partial charge in [-0.25, -0.2) is 13.8 Å². The summed E-state index contributed by atoms with van der Waals surface area (Å²) in [6, 6.07) is 7.88. The monoisotopic (exact) mass is 325 g/mol. The summed E-state index contributed by atoms with van der Waals surface area (Å²) >= 11 is 1.42. The Balaban J connectivity index is 1.94. The second kappa shape index (κ2) is 6.93. The Labute approximate surface area is 131 Å². The lowest BCUT2D eigenvalue weighted by molar-refractivity contribution is -0.122. The average Bonchev–Trinajstić information content (AvgIpc) is 2.94. The average molecular weight is 325 g/mol. The Morgan fingerprint density at radius 2 is 2.05 bits per heavy atom. The molecule has 4 nitrogen and oxygen atoms in total. The van der Waals surface area contributed by atoms with Crippen molar-refractivity contribution in [1.82, 2.24) is 10.3 Å². The van der Waals surface area contributed by atoms with E-state index in [2.05, 4.69) is 10.3 Å². The normalized spacial score (nSPS) is 11.5. The van der Waals surface area contributed by atoms with E-state index in [-0.39, 0.29) is 6.42 Å². The number of rotatable bonds is 6. The molecule has 1 aromatic heterocycles. The highest BCUT2D eigenvalue weighted by Crippen LogP contribution is 2.24. The molecular weight excluding hydrogens is 308 g/mol. The SMILES string of the molecule is Cc1ccc(-c2nc(CC(=O)NCC(F)(F)CN)cs2)cc1. The van der Waals surface area contributed by atoms with Gasteiger partial charge in [0.2, 0.25) is 5.91 Å². The van der Waals surface area contributed by atoms with Gasteiger partial charge in [-0.2, -0.15) is 0 Å². The predicted octanol–water partition coefficient (Wildman–Crippen LogP) is 2.37. The highest BCUT2D eigenvalue weighted by molar-refractivity contribution is 7.13. The minimum absolute atomic E-state index is 0.0248. The molecule has 1 aromatic carbocycles. The van der Waals surface area contributed by atoms with Crippen molar-refractivity contribution in [3.05, 3.63) is 40.9 Å². The lowest BCUT2D eigenvalue weighted by Crippen LogP contribution is -2.42. The summed E-state index contributed by atoms with van der Waals surface area (Å²) in [6.45, 7) is 0.456. The molecule has 0 aliphatic heterocycles. The Bertz CT molecular complexity index is 640. The zero-order valence-electron chi connectivity index (χ0n) is 12.1. The molecule has 0 spiro atoms. The maximum Gasteiger partial charge on any atom is 0.277 e. The smallest absolute Gasteiger partial charge is 0.277 e. The summed E-state index contributed by atoms with van der Waals surface area (Å²) < 4.78 is 25.9. The summed E-state index contributed by atoms with van der Waals surface area (Å²) in [5, 5.41) is 4.74. The molecule has 2 aromatic rings. The molecule has 0 radical (unpaired) electrons. The van der Waals surface area contributed by atoms with Crippen LogP contribution >= 0.6 is 11.3 Å². The fourth-order valence-electron chi connectivity index (χ4n) is 1.74. The van der Waals surface area contributed by atoms with Crippen LogP contribution in [0.15, 0.2) is 29.6 Å². The molecule has 0 aliphatic rings. The summed E-state index contributed by atoms with van der Waals surface area (Å²) in [5.74, 6) is -3.57. The van der Waals surface area contributed by atoms with Gasteiger partial charge in [-0.3, -0.25) is 4.79 Å². The van der Waals surface area contributed by atoms with Gasteiger partial charge in [-0.05, 0) is 6.92 Å². The predicted molar refractivity (Wildman–Crippen MR) is 83.0 cm³/mol. The molecule has 0 saturated carbocycles. The van der Waals surface area contributed by atoms with Gasteiger partial charge in [-0.1, -0.05) is 29.8 Å². The molecule has 2 rings (SSSR count). The van der Waals surface area contributed by atoms with Crippen LogP contribution < -0.4 is 11.1 Å². The first-order chi connectivity index (χ1) is 10.4. The third-order valence-corrected chi connectivity index (χ3v) is 3.97. The van der Waals surface area contributed by atoms with Gasteiger partial charge in [0.1, 0.15) is 5.01 Å². The van der Waals surface area contributed by atoms with Crippen LogP contribution in [0.2, 0.25) is 0 Å². The van der Waals surface area contributed by atoms with Crippen molar-refractivity contribution in [2.24, 2.45) is 5.73 Å². The number of aromatic nitrogens is 1. The van der Waals surface area contributed by atoms with Gasteiger partial charge in [0, 0.05) is 10.9 Å². The number of hydrogen-bond acceptors (Lipinski definition) is 4. The minimum atomic E-state index is -3.08. The van der Waals surface area contributed by atoms with Crippen LogP contribution in [-0.4, -0.2) is 29.9 Å². The van der Waals surface area contributed by atoms with Crippen molar-refractivity contribution in [2.75, 3.05) is 13.1 Å². The molecule has 22 heavy (non-hydrogen) atoms. The van der Waals surface area contributed by atoms with Gasteiger partial charge in [0.15, 0.2) is 0 Å². The second-order valence-electron chi connectivity index (χ2n) is 5.02. The zero-order chi connectivity index (χ0) is 16.2. The molecule has 0 saturated heterocycles. The highest BCUT2D eigenvalue weighted by atomic mass is 32.1. The molecule has 1 amide bonds. The number of alkyl halides is 2. The molecule has 0 atom stereocenters. The zero-order valence-corrected chi connectivity index (χ0v) is 12.9. The minimum Gasteiger partial charge on any atom is -0.350 e. The fraction of sp³-hybridized carbons (Fsp3) is 0.333. The Kier molecular flexibility index (Phi) is 5.20. The van der Waals surface area contributed by atoms with Crippen LogP contribution in [0.5, 0.6) is 0 Å². The van der Waals surface area contributed by atoms with Crippen molar-refractivity contribution in [1.29, 1.82) is 0 Å². The number of nitrogens with two attached hydrogens (primary N) is 1. The van der Waals surface area contributed by atoms with Gasteiger partial charge in [-0.15, -0.1) is 11.3 Å². The molecular formula is C15H17F2N3OS. The van der Waals surface area contributed by atoms with Crippen molar-refractivity contribution in [3.8, 4) is 10.6 Å². The van der Waals surface area contributed by atoms with Crippen LogP contribution in [0.4, 0.5) is 8.78 Å². The number of nitrogens with zero attached hydrogens (tertiary/aromatic N) is 1. The molecule has 0 bridgehead atoms. The third-order valence-electron chi connectivity index (χ3n) is 3.03. The van der Waals surface area contributed by atoms with E-state index in [1.165, 1.54) is 11.3 Å². The van der Waals surface area contributed by atoms with E-state index in [9.17, 15) is 13.6 Å². The van der Waals surface area contributed by atoms with E-state index in [4.69, 9.17) is 5.73 Å². The number of aryl methyl sites for hydroxylation is 1. The van der Waals surface area contributed by atoms with Crippen LogP contribution in [0, 0.1) is 6.92 Å². The second-order valence-corrected chi connectivity index (χ2v) is 5.88. The molecule has 118 valence electrons. The van der Waals surface area contributed by atoms with Crippen molar-refractivity contribution in [2.45, 2.75) is 19.3 Å². The molecule has 0 aliphatic carbocycles. The summed E-state index contributed by atoms with van der Waals surface area (Å²) in [6.07, 6.45) is -0.0248. The van der Waals surface area contributed by atoms with E-state index < -0.39 is 24.9 Å². The van der Waals surface area contributed by atoms with Crippen LogP contribution in [0.1, 0.15) is 11.3 Å². The number of hydrogen-bond donors (Lipinski definition) is 2. The molecule has 7 heteroatoms. The van der Waals surface area contributed by atoms with Gasteiger partial charge in [0.25, 0.3) is 5.92 Å². The standard InChI is InChI=1S/C15H17F2N3OS/c1-10-2-4-11(5-3-10)14-20-12(7-22-14)6-13(21)19-9-15(16,17)8-18/h2-5,7H,6,8-9,18H2,1H3,(H,19,21). The largest absolute Gasteiger partial charge is 0.350 e. The maximum atomic E-state index is 13.0. The van der Waals surface area contributed by atoms with E-state index >= 15 is 0 Å². The van der Waals surface area contributed by atoms with Crippen molar-refractivity contribution in [3.63, 3.8) is 0 Å². The molecule has 1 heterocycles. The number of carbonyl (C=O) groups is 1. The number of benzene rings is 1. The first-order valence-corrected chi connectivity index (χ1v) is 7.63. The van der Waals surface area contributed by atoms with E-state index in [0.717, 1.165) is 16.1 Å². The Hall–Kier alpha value is -1.86. The fourth-order valence-corrected chi connectivity index (χ4v) is 2.57. The van der Waals surface area contributed by atoms with Gasteiger partial charge < -0.3 is 11.1 Å². The number of carbonyl (C=O) groups excluding carboxylic acids is 1. The van der Waals surface area contributed by atoms with Crippen LogP contribution in [0.25, 0.3) is 10.6 Å². The summed E-state index contributed by atoms with van der Waals surface area (Å²) in [4.78, 5) is 16.0. The lowest BCUT2D eigenvalue weighted by Gasteiger charge is -2.14. The van der Waals surface area contributed by atoms with Crippen molar-refractivity contribution >= 4 is 17.2 Å². The summed E-state index contributed by atoms with van der Waals surface area (Å²) in [5.41, 5.74) is 7.60. The van der Waals surface area contributed by atoms with Gasteiger partial charge >= 0.3 is 0 Å². The number of amides is 1. The van der Waals surface area contributed by atoms with Gasteiger partial charge in [0.05, 0.1) is 25.2 Å². The van der Waals surface area contributed by atoms with Crippen molar-refractivity contribution < 1.29 is 13.6 Å².